The van der Waals surface area contributed by atoms with Gasteiger partial charge in [0.15, 0.2) is 0 Å². The Balaban J connectivity index is 1.69. The highest BCUT2D eigenvalue weighted by atomic mass is 32.2. The van der Waals surface area contributed by atoms with Crippen LogP contribution in [0.1, 0.15) is 34.6 Å². The minimum Gasteiger partial charge on any atom is -0.307 e. The van der Waals surface area contributed by atoms with E-state index < -0.39 is 10.0 Å². The minimum atomic E-state index is -3.50. The van der Waals surface area contributed by atoms with Gasteiger partial charge in [0.05, 0.1) is 9.77 Å². The zero-order valence-corrected chi connectivity index (χ0v) is 18.4. The fourth-order valence-electron chi connectivity index (χ4n) is 3.96. The van der Waals surface area contributed by atoms with Gasteiger partial charge in [-0.3, -0.25) is 4.79 Å². The highest BCUT2D eigenvalue weighted by Crippen LogP contribution is 2.36. The SMILES string of the molecule is CCN(CC)S(=O)(=O)c1ccc2c(c1)CCN2C(=O)c1sc2ccccc2c1C. The van der Waals surface area contributed by atoms with Gasteiger partial charge in [-0.2, -0.15) is 4.31 Å². The third kappa shape index (κ3) is 3.27. The average molecular weight is 429 g/mol. The maximum absolute atomic E-state index is 13.3. The summed E-state index contributed by atoms with van der Waals surface area (Å²) in [5, 5.41) is 1.11. The van der Waals surface area contributed by atoms with Crippen LogP contribution in [-0.4, -0.2) is 38.3 Å². The lowest BCUT2D eigenvalue weighted by Crippen LogP contribution is -2.30. The molecule has 7 heteroatoms. The summed E-state index contributed by atoms with van der Waals surface area (Å²) in [7, 11) is -3.50. The molecule has 0 radical (unpaired) electrons. The number of nitrogens with zero attached hydrogens (tertiary/aromatic N) is 2. The molecule has 0 N–H and O–H groups in total. The van der Waals surface area contributed by atoms with Crippen molar-refractivity contribution < 1.29 is 13.2 Å². The first-order valence-corrected chi connectivity index (χ1v) is 12.1. The van der Waals surface area contributed by atoms with Crippen molar-refractivity contribution in [1.29, 1.82) is 0 Å². The second-order valence-electron chi connectivity index (χ2n) is 7.14. The Kier molecular flexibility index (Phi) is 5.23. The van der Waals surface area contributed by atoms with E-state index in [1.807, 2.05) is 45.0 Å². The van der Waals surface area contributed by atoms with Crippen molar-refractivity contribution >= 4 is 43.0 Å². The summed E-state index contributed by atoms with van der Waals surface area (Å²) in [5.74, 6) is -0.0122. The number of rotatable bonds is 5. The molecule has 1 aliphatic heterocycles. The normalized spacial score (nSPS) is 14.0. The van der Waals surface area contributed by atoms with Crippen LogP contribution >= 0.6 is 11.3 Å². The maximum atomic E-state index is 13.3. The van der Waals surface area contributed by atoms with Crippen molar-refractivity contribution in [3.63, 3.8) is 0 Å². The lowest BCUT2D eigenvalue weighted by molar-refractivity contribution is 0.0993. The van der Waals surface area contributed by atoms with Crippen molar-refractivity contribution in [2.45, 2.75) is 32.1 Å². The zero-order chi connectivity index (χ0) is 20.8. The van der Waals surface area contributed by atoms with Crippen molar-refractivity contribution in [3.05, 3.63) is 58.5 Å². The summed E-state index contributed by atoms with van der Waals surface area (Å²) in [6.07, 6.45) is 0.659. The molecule has 0 bridgehead atoms. The van der Waals surface area contributed by atoms with Crippen LogP contribution in [0.2, 0.25) is 0 Å². The van der Waals surface area contributed by atoms with Gasteiger partial charge in [0.2, 0.25) is 10.0 Å². The van der Waals surface area contributed by atoms with E-state index in [2.05, 4.69) is 0 Å². The molecular formula is C22H24N2O3S2. The van der Waals surface area contributed by atoms with E-state index in [1.54, 1.807) is 23.1 Å². The van der Waals surface area contributed by atoms with E-state index in [-0.39, 0.29) is 5.91 Å². The Morgan fingerprint density at radius 2 is 1.86 bits per heavy atom. The quantitative estimate of drug-likeness (QED) is 0.604. The fraction of sp³-hybridized carbons (Fsp3) is 0.318. The number of hydrogen-bond donors (Lipinski definition) is 0. The number of sulfonamides is 1. The zero-order valence-electron chi connectivity index (χ0n) is 16.8. The molecular weight excluding hydrogens is 404 g/mol. The van der Waals surface area contributed by atoms with Gasteiger partial charge in [0.25, 0.3) is 5.91 Å². The third-order valence-corrected chi connectivity index (χ3v) is 8.88. The number of fused-ring (bicyclic) bond motifs is 2. The van der Waals surface area contributed by atoms with Crippen LogP contribution in [0.5, 0.6) is 0 Å². The minimum absolute atomic E-state index is 0.0122. The Labute approximate surface area is 175 Å². The molecule has 0 fully saturated rings. The monoisotopic (exact) mass is 428 g/mol. The number of hydrogen-bond acceptors (Lipinski definition) is 4. The molecule has 2 aromatic carbocycles. The summed E-state index contributed by atoms with van der Waals surface area (Å²) in [6.45, 7) is 7.10. The van der Waals surface area contributed by atoms with Crippen LogP contribution in [0.4, 0.5) is 5.69 Å². The van der Waals surface area contributed by atoms with Gasteiger partial charge in [-0.15, -0.1) is 11.3 Å². The summed E-state index contributed by atoms with van der Waals surface area (Å²) in [4.78, 5) is 16.1. The number of anilines is 1. The largest absolute Gasteiger partial charge is 0.307 e. The molecule has 152 valence electrons. The van der Waals surface area contributed by atoms with Gasteiger partial charge < -0.3 is 4.90 Å². The molecule has 0 saturated carbocycles. The van der Waals surface area contributed by atoms with Gasteiger partial charge in [-0.25, -0.2) is 8.42 Å². The van der Waals surface area contributed by atoms with E-state index in [9.17, 15) is 13.2 Å². The van der Waals surface area contributed by atoms with Gasteiger partial charge in [0.1, 0.15) is 0 Å². The smallest absolute Gasteiger partial charge is 0.268 e. The molecule has 1 aliphatic rings. The van der Waals surface area contributed by atoms with E-state index in [1.165, 1.54) is 15.6 Å². The van der Waals surface area contributed by atoms with Gasteiger partial charge in [0, 0.05) is 30.0 Å². The second-order valence-corrected chi connectivity index (χ2v) is 10.1. The number of benzene rings is 2. The van der Waals surface area contributed by atoms with Crippen LogP contribution in [0.25, 0.3) is 10.1 Å². The molecule has 0 spiro atoms. The van der Waals surface area contributed by atoms with E-state index >= 15 is 0 Å². The number of aryl methyl sites for hydroxylation is 1. The predicted octanol–water partition coefficient (Wildman–Crippen LogP) is 4.44. The van der Waals surface area contributed by atoms with Crippen LogP contribution in [0.15, 0.2) is 47.4 Å². The van der Waals surface area contributed by atoms with Crippen LogP contribution < -0.4 is 4.90 Å². The number of thiophene rings is 1. The van der Waals surface area contributed by atoms with E-state index in [0.717, 1.165) is 31.8 Å². The average Bonchev–Trinajstić information content (AvgIpc) is 3.29. The van der Waals surface area contributed by atoms with Crippen molar-refractivity contribution in [1.82, 2.24) is 4.31 Å². The summed E-state index contributed by atoms with van der Waals surface area (Å²) in [6, 6.07) is 13.2. The third-order valence-electron chi connectivity index (χ3n) is 5.57. The molecule has 2 heterocycles. The second kappa shape index (κ2) is 7.55. The fourth-order valence-corrected chi connectivity index (χ4v) is 6.63. The van der Waals surface area contributed by atoms with Crippen LogP contribution in [0, 0.1) is 6.92 Å². The first-order chi connectivity index (χ1) is 13.9. The predicted molar refractivity (Wildman–Crippen MR) is 118 cm³/mol. The summed E-state index contributed by atoms with van der Waals surface area (Å²) in [5.41, 5.74) is 2.72. The molecule has 0 atom stereocenters. The standard InChI is InChI=1S/C22H24N2O3S2/c1-4-23(5-2)29(26,27)17-10-11-19-16(14-17)12-13-24(19)22(25)21-15(3)18-8-6-7-9-20(18)28-21/h6-11,14H,4-5,12-13H2,1-3H3. The van der Waals surface area contributed by atoms with Crippen LogP contribution in [-0.2, 0) is 16.4 Å². The summed E-state index contributed by atoms with van der Waals surface area (Å²) >= 11 is 1.52. The molecule has 0 saturated heterocycles. The van der Waals surface area contributed by atoms with Crippen molar-refractivity contribution in [3.8, 4) is 0 Å². The lowest BCUT2D eigenvalue weighted by atomic mass is 10.1. The molecule has 0 aliphatic carbocycles. The van der Waals surface area contributed by atoms with Crippen LogP contribution in [0.3, 0.4) is 0 Å². The number of amides is 1. The van der Waals surface area contributed by atoms with Crippen molar-refractivity contribution in [2.75, 3.05) is 24.5 Å². The Morgan fingerprint density at radius 1 is 1.14 bits per heavy atom. The topological polar surface area (TPSA) is 57.7 Å². The Bertz CT molecular complexity index is 1190. The molecule has 5 nitrogen and oxygen atoms in total. The van der Waals surface area contributed by atoms with E-state index in [4.69, 9.17) is 0 Å². The highest BCUT2D eigenvalue weighted by Gasteiger charge is 2.30. The molecule has 0 unspecified atom stereocenters. The number of carbonyl (C=O) groups is 1. The van der Waals surface area contributed by atoms with Gasteiger partial charge >= 0.3 is 0 Å². The molecule has 4 rings (SSSR count). The number of carbonyl (C=O) groups excluding carboxylic acids is 1. The highest BCUT2D eigenvalue weighted by molar-refractivity contribution is 7.89. The maximum Gasteiger partial charge on any atom is 0.268 e. The molecule has 29 heavy (non-hydrogen) atoms. The first-order valence-electron chi connectivity index (χ1n) is 9.81. The van der Waals surface area contributed by atoms with Gasteiger partial charge in [-0.1, -0.05) is 32.0 Å². The van der Waals surface area contributed by atoms with E-state index in [0.29, 0.717) is 31.0 Å². The molecule has 1 aromatic heterocycles. The molecule has 3 aromatic rings. The first kappa shape index (κ1) is 20.1. The summed E-state index contributed by atoms with van der Waals surface area (Å²) < 4.78 is 28.2. The lowest BCUT2D eigenvalue weighted by Gasteiger charge is -2.20. The Morgan fingerprint density at radius 3 is 2.55 bits per heavy atom. The van der Waals surface area contributed by atoms with Crippen molar-refractivity contribution in [2.24, 2.45) is 0 Å². The Hall–Kier alpha value is -2.22. The molecule has 1 amide bonds. The van der Waals surface area contributed by atoms with Gasteiger partial charge in [-0.05, 0) is 54.1 Å².